The second-order valence-corrected chi connectivity index (χ2v) is 5.30. The van der Waals surface area contributed by atoms with Gasteiger partial charge in [-0.1, -0.05) is 0 Å². The van der Waals surface area contributed by atoms with Crippen molar-refractivity contribution >= 4 is 14.0 Å². The summed E-state index contributed by atoms with van der Waals surface area (Å²) in [5, 5.41) is 45.7. The number of amides is 1. The van der Waals surface area contributed by atoms with Crippen LogP contribution in [0.2, 0.25) is 0 Å². The highest BCUT2D eigenvalue weighted by Crippen LogP contribution is 2.30. The van der Waals surface area contributed by atoms with Crippen LogP contribution in [-0.2, 0) is 9.36 Å². The maximum Gasteiger partial charge on any atom is 0.233 e. The van der Waals surface area contributed by atoms with Crippen LogP contribution in [-0.4, -0.2) is 79.1 Å². The fourth-order valence-electron chi connectivity index (χ4n) is 1.14. The number of aliphatic hydroxyl groups excluding tert-OH is 4. The Bertz CT molecular complexity index is 307. The van der Waals surface area contributed by atoms with Crippen molar-refractivity contribution in [1.82, 2.24) is 5.06 Å². The third-order valence-electron chi connectivity index (χ3n) is 2.05. The minimum Gasteiger partial charge on any atom is -0.779 e. The number of aliphatic hydroxyl groups is 4. The summed E-state index contributed by atoms with van der Waals surface area (Å²) in [7, 11) is -4.85. The summed E-state index contributed by atoms with van der Waals surface area (Å²) in [6.07, 6.45) is -9.26. The Hall–Kier alpha value is -0.580. The number of hydrogen-bond donors (Lipinski definition) is 6. The summed E-state index contributed by atoms with van der Waals surface area (Å²) in [5.74, 6) is 0. The first-order chi connectivity index (χ1) is 8.08. The van der Waals surface area contributed by atoms with Crippen molar-refractivity contribution in [3.8, 4) is 0 Å². The van der Waals surface area contributed by atoms with E-state index < -0.39 is 44.7 Å². The molecule has 0 aliphatic rings. The van der Waals surface area contributed by atoms with Crippen LogP contribution in [0, 0.1) is 0 Å². The molecule has 5 atom stereocenters. The first-order valence-corrected chi connectivity index (χ1v) is 6.50. The molecule has 0 aromatic rings. The number of carbonyl (C=O) groups is 1. The van der Waals surface area contributed by atoms with E-state index in [2.05, 4.69) is 0 Å². The molecule has 2 unspecified atom stereocenters. The molecule has 0 aliphatic heterocycles. The largest absolute Gasteiger partial charge is 0.779 e. The van der Waals surface area contributed by atoms with E-state index in [0.717, 1.165) is 0 Å². The minimum absolute atomic E-state index is 0.0163. The highest BCUT2D eigenvalue weighted by molar-refractivity contribution is 7.50. The van der Waals surface area contributed by atoms with Gasteiger partial charge in [0.1, 0.15) is 25.9 Å². The number of carbonyl (C=O) groups excluding carboxylic acids is 1. The zero-order chi connectivity index (χ0) is 14.5. The molecule has 11 heteroatoms. The highest BCUT2D eigenvalue weighted by atomic mass is 31.2. The number of hydrogen-bond acceptors (Lipinski definition) is 8. The summed E-state index contributed by atoms with van der Waals surface area (Å²) in [6, 6.07) is 0. The number of nitrogens with zero attached hydrogens (tertiary/aromatic N) is 1. The van der Waals surface area contributed by atoms with Gasteiger partial charge in [0.2, 0.25) is 6.41 Å². The van der Waals surface area contributed by atoms with E-state index >= 15 is 0 Å². The lowest BCUT2D eigenvalue weighted by Crippen LogP contribution is -2.49. The predicted molar refractivity (Wildman–Crippen MR) is 53.3 cm³/mol. The zero-order valence-corrected chi connectivity index (χ0v) is 10.00. The summed E-state index contributed by atoms with van der Waals surface area (Å²) in [6.45, 7) is -0.761. The monoisotopic (exact) mass is 288 g/mol. The SMILES string of the molecule is O=CN(O)C[C@H](O)[C@H](O)[C@H](O)C(O)CP(=O)([O-])O. The van der Waals surface area contributed by atoms with Crippen LogP contribution >= 0.6 is 7.60 Å². The third kappa shape index (κ3) is 6.38. The first kappa shape index (κ1) is 17.4. The fourth-order valence-corrected chi connectivity index (χ4v) is 1.83. The molecule has 108 valence electrons. The lowest BCUT2D eigenvalue weighted by molar-refractivity contribution is -0.196. The van der Waals surface area contributed by atoms with E-state index in [4.69, 9.17) is 15.2 Å². The highest BCUT2D eigenvalue weighted by Gasteiger charge is 2.32. The quantitative estimate of drug-likeness (QED) is 0.112. The summed E-state index contributed by atoms with van der Waals surface area (Å²) >= 11 is 0. The van der Waals surface area contributed by atoms with Crippen LogP contribution in [0.15, 0.2) is 0 Å². The van der Waals surface area contributed by atoms with Crippen LogP contribution < -0.4 is 4.89 Å². The molecule has 1 amide bonds. The molecular formula is C7H15NO9P-. The van der Waals surface area contributed by atoms with Crippen molar-refractivity contribution in [3.63, 3.8) is 0 Å². The third-order valence-corrected chi connectivity index (χ3v) is 2.89. The first-order valence-electron chi connectivity index (χ1n) is 4.74. The van der Waals surface area contributed by atoms with Gasteiger partial charge in [-0.25, -0.2) is 5.06 Å². The van der Waals surface area contributed by atoms with Crippen molar-refractivity contribution in [3.05, 3.63) is 0 Å². The average Bonchev–Trinajstić information content (AvgIpc) is 2.24. The van der Waals surface area contributed by atoms with Crippen molar-refractivity contribution < 1.29 is 44.8 Å². The van der Waals surface area contributed by atoms with Crippen molar-refractivity contribution in [2.24, 2.45) is 0 Å². The number of rotatable bonds is 8. The fraction of sp³-hybridized carbons (Fsp3) is 0.857. The molecule has 0 rings (SSSR count). The molecule has 0 saturated carbocycles. The molecular weight excluding hydrogens is 273 g/mol. The number of hydroxylamine groups is 2. The maximum absolute atomic E-state index is 10.4. The van der Waals surface area contributed by atoms with Gasteiger partial charge in [-0.3, -0.25) is 10.0 Å². The van der Waals surface area contributed by atoms with E-state index in [9.17, 15) is 29.6 Å². The molecule has 0 fully saturated rings. The molecule has 0 heterocycles. The summed E-state index contributed by atoms with van der Waals surface area (Å²) in [4.78, 5) is 28.9. The van der Waals surface area contributed by atoms with E-state index in [1.807, 2.05) is 0 Å². The van der Waals surface area contributed by atoms with Gasteiger partial charge in [0.15, 0.2) is 0 Å². The van der Waals surface area contributed by atoms with Gasteiger partial charge < -0.3 is 34.8 Å². The van der Waals surface area contributed by atoms with Crippen molar-refractivity contribution in [2.45, 2.75) is 24.4 Å². The van der Waals surface area contributed by atoms with Gasteiger partial charge in [-0.15, -0.1) is 0 Å². The van der Waals surface area contributed by atoms with Gasteiger partial charge in [0, 0.05) is 6.16 Å². The second kappa shape index (κ2) is 7.12. The lowest BCUT2D eigenvalue weighted by atomic mass is 10.0. The van der Waals surface area contributed by atoms with Crippen LogP contribution in [0.4, 0.5) is 0 Å². The molecule has 0 radical (unpaired) electrons. The Morgan fingerprint density at radius 3 is 2.00 bits per heavy atom. The van der Waals surface area contributed by atoms with E-state index in [-0.39, 0.29) is 11.5 Å². The average molecular weight is 288 g/mol. The molecule has 0 bridgehead atoms. The Labute approximate surface area is 102 Å². The van der Waals surface area contributed by atoms with Gasteiger partial charge in [-0.05, 0) is 0 Å². The smallest absolute Gasteiger partial charge is 0.233 e. The van der Waals surface area contributed by atoms with Gasteiger partial charge >= 0.3 is 0 Å². The summed E-state index contributed by atoms with van der Waals surface area (Å²) < 4.78 is 10.4. The lowest BCUT2D eigenvalue weighted by Gasteiger charge is -2.29. The van der Waals surface area contributed by atoms with E-state index in [1.165, 1.54) is 0 Å². The molecule has 0 aromatic carbocycles. The summed E-state index contributed by atoms with van der Waals surface area (Å²) in [5.41, 5.74) is 0. The molecule has 0 spiro atoms. The van der Waals surface area contributed by atoms with Gasteiger partial charge in [0.05, 0.1) is 12.6 Å². The van der Waals surface area contributed by atoms with E-state index in [1.54, 1.807) is 0 Å². The Balaban J connectivity index is 4.43. The van der Waals surface area contributed by atoms with Crippen LogP contribution in [0.3, 0.4) is 0 Å². The molecule has 0 saturated heterocycles. The Kier molecular flexibility index (Phi) is 6.89. The van der Waals surface area contributed by atoms with E-state index in [0.29, 0.717) is 0 Å². The molecule has 0 aliphatic carbocycles. The van der Waals surface area contributed by atoms with Crippen LogP contribution in [0.25, 0.3) is 0 Å². The van der Waals surface area contributed by atoms with Crippen LogP contribution in [0.1, 0.15) is 0 Å². The second-order valence-electron chi connectivity index (χ2n) is 3.66. The topological polar surface area (TPSA) is 182 Å². The normalized spacial score (nSPS) is 21.5. The Morgan fingerprint density at radius 1 is 1.17 bits per heavy atom. The predicted octanol–water partition coefficient (Wildman–Crippen LogP) is -4.18. The van der Waals surface area contributed by atoms with Crippen LogP contribution in [0.5, 0.6) is 0 Å². The van der Waals surface area contributed by atoms with Gasteiger partial charge in [-0.2, -0.15) is 0 Å². The zero-order valence-electron chi connectivity index (χ0n) is 9.10. The minimum atomic E-state index is -4.85. The van der Waals surface area contributed by atoms with Crippen molar-refractivity contribution in [1.29, 1.82) is 0 Å². The van der Waals surface area contributed by atoms with Gasteiger partial charge in [0.25, 0.3) is 0 Å². The molecule has 10 nitrogen and oxygen atoms in total. The standard InChI is InChI=1S/C7H16NO9P/c9-3-8(14)1-4(10)6(12)7(13)5(11)2-18(15,16)17/h3-7,10-14H,1-2H2,(H2,15,16,17)/p-1/t4-,5?,6-,7+/m0/s1. The Morgan fingerprint density at radius 2 is 1.61 bits per heavy atom. The molecule has 0 aromatic heterocycles. The molecule has 18 heavy (non-hydrogen) atoms. The maximum atomic E-state index is 10.4. The van der Waals surface area contributed by atoms with Crippen molar-refractivity contribution in [2.75, 3.05) is 12.7 Å². The molecule has 6 N–H and O–H groups in total.